The Morgan fingerprint density at radius 1 is 0.419 bits per heavy atom. The third kappa shape index (κ3) is 33.9. The molecule has 754 valence electrons. The first-order valence-corrected chi connectivity index (χ1v) is 52.3. The lowest BCUT2D eigenvalue weighted by atomic mass is 9.96. The second-order valence-corrected chi connectivity index (χ2v) is 39.0. The number of allylic oxidation sites excluding steroid dienone is 3. The molecule has 6 aromatic heterocycles. The number of nitrogens with zero attached hydrogens (tertiary/aromatic N) is 9. The summed E-state index contributed by atoms with van der Waals surface area (Å²) < 4.78 is 41.3. The number of aliphatic imine (C=N–C) groups is 2. The molecule has 1 aliphatic carbocycles. The van der Waals surface area contributed by atoms with E-state index >= 15 is 0 Å². The minimum atomic E-state index is -0.361. The molecule has 0 saturated carbocycles. The van der Waals surface area contributed by atoms with Crippen LogP contribution < -0.4 is 44.0 Å². The Balaban J connectivity index is 0.000000148. The van der Waals surface area contributed by atoms with Gasteiger partial charge in [0.05, 0.1) is 55.5 Å². The van der Waals surface area contributed by atoms with Gasteiger partial charge in [-0.2, -0.15) is 10.3 Å². The number of phenols is 1. The molecule has 0 radical (unpaired) electrons. The highest BCUT2D eigenvalue weighted by molar-refractivity contribution is 7.12. The molecule has 0 spiro atoms. The summed E-state index contributed by atoms with van der Waals surface area (Å²) >= 11 is 8.21. The number of amidine groups is 1. The molecule has 2 aliphatic rings. The Bertz CT molecular complexity index is 7190. The van der Waals surface area contributed by atoms with Crippen molar-refractivity contribution < 1.29 is 66.4 Å². The van der Waals surface area contributed by atoms with E-state index in [9.17, 15) is 47.9 Å². The average Bonchev–Trinajstić information content (AvgIpc) is 0.869. The number of carbonyl (C=O) groups excluding carboxylic acids is 7. The average molecular weight is 2070 g/mol. The fraction of sp³-hybridized carbons (Fsp3) is 0.185. The Hall–Kier alpha value is -16.4. The van der Waals surface area contributed by atoms with Crippen molar-refractivity contribution in [2.45, 2.75) is 100 Å². The molecule has 1 atom stereocenters. The highest BCUT2D eigenvalue weighted by atomic mass is 32.1. The molecular formula is C119H112FN9O14S5. The second kappa shape index (κ2) is 56.8. The monoisotopic (exact) mass is 2070 g/mol. The Morgan fingerprint density at radius 2 is 0.845 bits per heavy atom. The largest absolute Gasteiger partial charge is 0.508 e. The first-order chi connectivity index (χ1) is 72.0. The molecule has 0 saturated heterocycles. The number of aromatic hydroxyl groups is 1. The van der Waals surface area contributed by atoms with E-state index in [0.717, 1.165) is 65.4 Å². The molecule has 29 heteroatoms. The number of carbonyl (C=O) groups is 7. The summed E-state index contributed by atoms with van der Waals surface area (Å²) in [5, 5.41) is 26.6. The third-order valence-corrected chi connectivity index (χ3v) is 27.5. The van der Waals surface area contributed by atoms with Crippen molar-refractivity contribution in [1.29, 1.82) is 5.26 Å². The summed E-state index contributed by atoms with van der Waals surface area (Å²) in [6.45, 7) is 16.0. The third-order valence-electron chi connectivity index (χ3n) is 22.9. The van der Waals surface area contributed by atoms with Crippen LogP contribution in [0.5, 0.6) is 28.7 Å². The van der Waals surface area contributed by atoms with E-state index in [0.29, 0.717) is 116 Å². The molecule has 1 unspecified atom stereocenters. The number of phenolic OH excluding ortho intramolecular Hbond substituents is 1. The number of aryl methyl sites for hydroxylation is 4. The smallest absolute Gasteiger partial charge is 0.294 e. The van der Waals surface area contributed by atoms with Crippen molar-refractivity contribution in [1.82, 2.24) is 9.80 Å². The number of ether oxygens (including phenoxy) is 4. The van der Waals surface area contributed by atoms with Crippen LogP contribution in [0, 0.1) is 43.8 Å². The van der Waals surface area contributed by atoms with Crippen molar-refractivity contribution in [3.05, 3.63) is 452 Å². The zero-order valence-electron chi connectivity index (χ0n) is 82.7. The van der Waals surface area contributed by atoms with Crippen LogP contribution in [0.4, 0.5) is 27.1 Å². The molecule has 23 nitrogen and oxygen atoms in total. The number of nitriles is 1. The molecule has 7 heterocycles. The van der Waals surface area contributed by atoms with E-state index in [2.05, 4.69) is 35.1 Å². The van der Waals surface area contributed by atoms with Gasteiger partial charge in [0.15, 0.2) is 37.6 Å². The van der Waals surface area contributed by atoms with Gasteiger partial charge in [0.25, 0.3) is 35.4 Å². The maximum atomic E-state index is 13.2. The van der Waals surface area contributed by atoms with Crippen LogP contribution in [0.25, 0.3) is 11.0 Å². The van der Waals surface area contributed by atoms with E-state index in [1.807, 2.05) is 304 Å². The van der Waals surface area contributed by atoms with Crippen LogP contribution in [0.2, 0.25) is 0 Å². The summed E-state index contributed by atoms with van der Waals surface area (Å²) in [6, 6.07) is 102. The Morgan fingerprint density at radius 3 is 1.29 bits per heavy atom. The van der Waals surface area contributed by atoms with Gasteiger partial charge in [-0.05, 0) is 256 Å². The quantitative estimate of drug-likeness (QED) is 0.0387. The number of thiophene rings is 5. The molecule has 7 amide bonds. The van der Waals surface area contributed by atoms with Gasteiger partial charge in [0.1, 0.15) is 51.9 Å². The zero-order valence-corrected chi connectivity index (χ0v) is 86.8. The van der Waals surface area contributed by atoms with Gasteiger partial charge in [-0.1, -0.05) is 181 Å². The van der Waals surface area contributed by atoms with Gasteiger partial charge >= 0.3 is 0 Å². The van der Waals surface area contributed by atoms with E-state index in [4.69, 9.17) is 28.6 Å². The lowest BCUT2D eigenvalue weighted by molar-refractivity contribution is -0.134. The number of rotatable bonds is 35. The summed E-state index contributed by atoms with van der Waals surface area (Å²) in [5.74, 6) is 1.59. The lowest BCUT2D eigenvalue weighted by Crippen LogP contribution is -2.34. The van der Waals surface area contributed by atoms with E-state index in [1.165, 1.54) is 45.6 Å². The molecule has 1 N–H and O–H groups in total. The summed E-state index contributed by atoms with van der Waals surface area (Å²) in [7, 11) is 0. The first-order valence-electron chi connectivity index (χ1n) is 47.9. The van der Waals surface area contributed by atoms with Gasteiger partial charge in [-0.3, -0.25) is 38.4 Å². The number of halogens is 1. The lowest BCUT2D eigenvalue weighted by Gasteiger charge is -2.22. The summed E-state index contributed by atoms with van der Waals surface area (Å²) in [4.78, 5) is 126. The highest BCUT2D eigenvalue weighted by Crippen LogP contribution is 2.31. The summed E-state index contributed by atoms with van der Waals surface area (Å²) in [6.07, 6.45) is 9.03. The van der Waals surface area contributed by atoms with Crippen LogP contribution >= 0.6 is 56.7 Å². The molecule has 18 rings (SSSR count). The number of amides is 7. The van der Waals surface area contributed by atoms with Crippen molar-refractivity contribution >= 4 is 143 Å². The highest BCUT2D eigenvalue weighted by Gasteiger charge is 2.29. The van der Waals surface area contributed by atoms with Crippen LogP contribution in [-0.4, -0.2) is 107 Å². The second-order valence-electron chi connectivity index (χ2n) is 33.7. The predicted molar refractivity (Wildman–Crippen MR) is 591 cm³/mol. The first kappa shape index (κ1) is 109. The van der Waals surface area contributed by atoms with Gasteiger partial charge in [-0.25, -0.2) is 9.38 Å². The van der Waals surface area contributed by atoms with Crippen LogP contribution in [0.3, 0.4) is 0 Å². The van der Waals surface area contributed by atoms with E-state index in [-0.39, 0.29) is 96.5 Å². The standard InChI is InChI=1S/C22H17NO3S.C22H23NO2S.C20H16N2O2S.C19H17NO3S.C18H20FNO2.C18H19N3O2S/c1-15-9-10-20-18(12-15)19(24)13-21(26-20)22(25)23(14-17-8-5-11-27-17)16-6-3-2-4-7-16;1-3-20-13-14-21(26-20)15-23(18-7-5-4-6-8-18)22(24)16-25-19-11-9-17(2)10-12-19;21-13-16-8-10-18(11-9-16)24-15-20(23)22(14-19-7-4-12-25-19)17-5-2-1-3-6-17;21-16-8-10-17(11-9-16)23-14-19(22)20(13-18-7-4-12-24-18)15-5-2-1-3-6-15;1-3-20(12-15-5-4-6-16(19)11-15)18(21)13-22-17-9-7-14(2)8-10-17;1-2-21(12-13-6-5-11-24-13)17(22)10-9-16-19-15-8-4-3-7-14(15)18(23)20-16/h2-13H,14H2,1H3;4-14H,3,15-16H2,1-2H3;1-12H,14-15H2;1-12,21H,13-14H2;4-11H,3,12-13H2,1-2H3;3-8,11,14H,2,9-10,12H2,1H3. The Kier molecular flexibility index (Phi) is 41.8. The number of hydrogen-bond acceptors (Lipinski definition) is 21. The van der Waals surface area contributed by atoms with E-state index in [1.54, 1.807) is 148 Å². The van der Waals surface area contributed by atoms with Gasteiger partial charge in [-0.15, -0.1) is 56.7 Å². The van der Waals surface area contributed by atoms with Crippen molar-refractivity contribution in [3.63, 3.8) is 0 Å². The fourth-order valence-corrected chi connectivity index (χ4v) is 18.7. The molecule has 10 aromatic carbocycles. The number of likely N-dealkylation sites (N-methyl/N-ethyl adjacent to an activating group) is 1. The number of benzene rings is 10. The predicted octanol–water partition coefficient (Wildman–Crippen LogP) is 25.1. The molecule has 1 aliphatic heterocycles. The minimum absolute atomic E-state index is 0.0178. The van der Waals surface area contributed by atoms with Gasteiger partial charge in [0, 0.05) is 90.6 Å². The minimum Gasteiger partial charge on any atom is -0.508 e. The SMILES string of the molecule is CCN(Cc1cccc(F)c1)C(=O)COc1ccc(C)cc1.CCN(Cc1cccs1)C(=O)CCC1=NC(=O)C2C=CC=CC2=N1.CCc1ccc(CN(C(=O)COc2ccc(C)cc2)c2ccccc2)s1.Cc1ccc2oc(C(=O)N(Cc3cccs3)c3ccccc3)cc(=O)c2c1.N#Cc1ccc(OCC(=O)N(Cc2cccs2)c2ccccc2)cc1.O=C(COc1ccc(O)cc1)N(Cc1cccs1)c1ccccc1. The molecule has 16 aromatic rings. The summed E-state index contributed by atoms with van der Waals surface area (Å²) in [5.41, 5.74) is 8.83. The zero-order chi connectivity index (χ0) is 104. The Labute approximate surface area is 880 Å². The van der Waals surface area contributed by atoms with Gasteiger partial charge < -0.3 is 57.9 Å². The molecule has 148 heavy (non-hydrogen) atoms. The maximum Gasteiger partial charge on any atom is 0.294 e. The van der Waals surface area contributed by atoms with Crippen LogP contribution in [-0.2, 0) is 74.5 Å². The van der Waals surface area contributed by atoms with Crippen LogP contribution in [0.15, 0.2) is 393 Å². The normalized spacial score (nSPS) is 11.8. The molecule has 0 bridgehead atoms. The number of para-hydroxylation sites is 4. The molecule has 0 fully saturated rings. The van der Waals surface area contributed by atoms with Crippen molar-refractivity contribution in [2.24, 2.45) is 15.9 Å². The van der Waals surface area contributed by atoms with Gasteiger partial charge in [0.2, 0.25) is 5.91 Å². The molecular weight excluding hydrogens is 1960 g/mol. The maximum absolute atomic E-state index is 13.2. The topological polar surface area (TPSA) is 275 Å². The number of hydrogen-bond donors (Lipinski definition) is 1. The fourth-order valence-electron chi connectivity index (χ4n) is 15.0. The number of anilines is 4. The van der Waals surface area contributed by atoms with Crippen molar-refractivity contribution in [2.75, 3.05) is 59.1 Å². The van der Waals surface area contributed by atoms with E-state index < -0.39 is 0 Å². The van der Waals surface area contributed by atoms with Crippen LogP contribution in [0.1, 0.15) is 101 Å². The number of fused-ring (bicyclic) bond motifs is 2. The van der Waals surface area contributed by atoms with Crippen molar-refractivity contribution in [3.8, 4) is 34.8 Å².